The molecule has 0 fully saturated rings. The van der Waals surface area contributed by atoms with E-state index >= 15 is 0 Å². The molecule has 0 saturated heterocycles. The first-order valence-electron chi connectivity index (χ1n) is 4.80. The second kappa shape index (κ2) is 6.23. The normalized spacial score (nSPS) is 10.6. The second-order valence-corrected chi connectivity index (χ2v) is 4.33. The number of benzene rings is 1. The third-order valence-electron chi connectivity index (χ3n) is 1.92. The van der Waals surface area contributed by atoms with Crippen LogP contribution in [-0.2, 0) is 4.79 Å². The van der Waals surface area contributed by atoms with Crippen LogP contribution in [0.5, 0.6) is 11.5 Å². The van der Waals surface area contributed by atoms with Gasteiger partial charge in [0.2, 0.25) is 0 Å². The molecule has 16 heavy (non-hydrogen) atoms. The molecule has 86 valence electrons. The van der Waals surface area contributed by atoms with Crippen LogP contribution < -0.4 is 4.74 Å². The molecular weight excluding hydrogens is 224 g/mol. The van der Waals surface area contributed by atoms with Crippen LogP contribution in [0.1, 0.15) is 12.5 Å². The van der Waals surface area contributed by atoms with Crippen molar-refractivity contribution in [2.45, 2.75) is 6.92 Å². The van der Waals surface area contributed by atoms with E-state index in [-0.39, 0.29) is 10.9 Å². The summed E-state index contributed by atoms with van der Waals surface area (Å²) >= 11 is 1.23. The lowest BCUT2D eigenvalue weighted by atomic mass is 10.2. The quantitative estimate of drug-likeness (QED) is 0.876. The minimum atomic E-state index is 0.0867. The Kier molecular flexibility index (Phi) is 4.92. The Balaban J connectivity index is 2.63. The van der Waals surface area contributed by atoms with Crippen LogP contribution in [0.3, 0.4) is 0 Å². The van der Waals surface area contributed by atoms with Crippen LogP contribution in [0.15, 0.2) is 24.3 Å². The van der Waals surface area contributed by atoms with Crippen LogP contribution >= 0.6 is 11.8 Å². The highest BCUT2D eigenvalue weighted by Crippen LogP contribution is 2.24. The van der Waals surface area contributed by atoms with Crippen LogP contribution in [0, 0.1) is 0 Å². The lowest BCUT2D eigenvalue weighted by Gasteiger charge is -2.02. The van der Waals surface area contributed by atoms with Gasteiger partial charge in [0.15, 0.2) is 5.12 Å². The van der Waals surface area contributed by atoms with Gasteiger partial charge in [-0.05, 0) is 12.1 Å². The third-order valence-corrected chi connectivity index (χ3v) is 2.68. The Morgan fingerprint density at radius 1 is 1.56 bits per heavy atom. The zero-order chi connectivity index (χ0) is 12.0. The number of phenolic OH excluding ortho intramolecular Hbond substituents is 1. The van der Waals surface area contributed by atoms with Crippen LogP contribution in [-0.4, -0.2) is 23.1 Å². The number of phenols is 1. The summed E-state index contributed by atoms with van der Waals surface area (Å²) in [4.78, 5) is 10.7. The van der Waals surface area contributed by atoms with Gasteiger partial charge in [0, 0.05) is 24.3 Å². The van der Waals surface area contributed by atoms with Gasteiger partial charge in [-0.2, -0.15) is 0 Å². The van der Waals surface area contributed by atoms with Crippen LogP contribution in [0.25, 0.3) is 6.08 Å². The van der Waals surface area contributed by atoms with Gasteiger partial charge in [-0.25, -0.2) is 0 Å². The Morgan fingerprint density at radius 2 is 2.31 bits per heavy atom. The number of thioether (sulfide) groups is 1. The summed E-state index contributed by atoms with van der Waals surface area (Å²) in [6.45, 7) is 1.53. The monoisotopic (exact) mass is 238 g/mol. The molecular formula is C12H14O3S. The van der Waals surface area contributed by atoms with Crippen molar-refractivity contribution in [3.05, 3.63) is 29.8 Å². The van der Waals surface area contributed by atoms with E-state index in [0.29, 0.717) is 17.1 Å². The molecule has 1 rings (SSSR count). The average Bonchev–Trinajstić information content (AvgIpc) is 2.25. The summed E-state index contributed by atoms with van der Waals surface area (Å²) < 4.78 is 4.97. The number of rotatable bonds is 4. The van der Waals surface area contributed by atoms with Gasteiger partial charge in [0.25, 0.3) is 0 Å². The zero-order valence-electron chi connectivity index (χ0n) is 9.27. The fourth-order valence-corrected chi connectivity index (χ4v) is 1.56. The summed E-state index contributed by atoms with van der Waals surface area (Å²) in [5.41, 5.74) is 0.713. The highest BCUT2D eigenvalue weighted by molar-refractivity contribution is 8.13. The number of hydrogen-bond acceptors (Lipinski definition) is 4. The van der Waals surface area contributed by atoms with Crippen molar-refractivity contribution in [1.82, 2.24) is 0 Å². The van der Waals surface area contributed by atoms with Crippen molar-refractivity contribution < 1.29 is 14.6 Å². The number of ether oxygens (including phenoxy) is 1. The predicted octanol–water partition coefficient (Wildman–Crippen LogP) is 2.69. The predicted molar refractivity (Wildman–Crippen MR) is 66.8 cm³/mol. The number of methoxy groups -OCH3 is 1. The van der Waals surface area contributed by atoms with Gasteiger partial charge in [0.05, 0.1) is 7.11 Å². The second-order valence-electron chi connectivity index (χ2n) is 3.13. The van der Waals surface area contributed by atoms with E-state index < -0.39 is 0 Å². The molecule has 0 atom stereocenters. The van der Waals surface area contributed by atoms with Crippen LogP contribution in [0.4, 0.5) is 0 Å². The molecule has 0 radical (unpaired) electrons. The number of hydrogen-bond donors (Lipinski definition) is 1. The Hall–Kier alpha value is -1.42. The van der Waals surface area contributed by atoms with E-state index in [4.69, 9.17) is 4.74 Å². The molecule has 0 unspecified atom stereocenters. The van der Waals surface area contributed by atoms with Crippen LogP contribution in [0.2, 0.25) is 0 Å². The first kappa shape index (κ1) is 12.6. The Bertz CT molecular complexity index is 399. The van der Waals surface area contributed by atoms with E-state index in [1.807, 2.05) is 6.08 Å². The Labute approximate surface area is 99.1 Å². The maximum absolute atomic E-state index is 10.7. The van der Waals surface area contributed by atoms with E-state index in [0.717, 1.165) is 0 Å². The van der Waals surface area contributed by atoms with E-state index in [1.54, 1.807) is 31.4 Å². The lowest BCUT2D eigenvalue weighted by molar-refractivity contribution is -0.109. The van der Waals surface area contributed by atoms with Gasteiger partial charge < -0.3 is 9.84 Å². The highest BCUT2D eigenvalue weighted by Gasteiger charge is 1.99. The Morgan fingerprint density at radius 3 is 2.88 bits per heavy atom. The molecule has 4 heteroatoms. The van der Waals surface area contributed by atoms with Crippen molar-refractivity contribution in [2.24, 2.45) is 0 Å². The first-order chi connectivity index (χ1) is 7.63. The summed E-state index contributed by atoms with van der Waals surface area (Å²) in [7, 11) is 1.55. The van der Waals surface area contributed by atoms with Crippen molar-refractivity contribution in [2.75, 3.05) is 12.9 Å². The molecule has 0 aliphatic heterocycles. The van der Waals surface area contributed by atoms with E-state index in [1.165, 1.54) is 18.7 Å². The summed E-state index contributed by atoms with van der Waals surface area (Å²) in [6.07, 6.45) is 3.62. The van der Waals surface area contributed by atoms with Gasteiger partial charge in [-0.1, -0.05) is 23.9 Å². The van der Waals surface area contributed by atoms with Crippen molar-refractivity contribution in [3.8, 4) is 11.5 Å². The summed E-state index contributed by atoms with van der Waals surface area (Å²) in [5, 5.41) is 9.71. The number of carbonyl (C=O) groups is 1. The lowest BCUT2D eigenvalue weighted by Crippen LogP contribution is -1.84. The highest BCUT2D eigenvalue weighted by atomic mass is 32.2. The minimum absolute atomic E-state index is 0.0867. The maximum Gasteiger partial charge on any atom is 0.186 e. The summed E-state index contributed by atoms with van der Waals surface area (Å²) in [5.74, 6) is 1.40. The smallest absolute Gasteiger partial charge is 0.186 e. The molecule has 0 heterocycles. The molecule has 0 spiro atoms. The molecule has 0 aliphatic rings. The number of aromatic hydroxyl groups is 1. The van der Waals surface area contributed by atoms with E-state index in [9.17, 15) is 9.90 Å². The van der Waals surface area contributed by atoms with Gasteiger partial charge in [-0.15, -0.1) is 0 Å². The maximum atomic E-state index is 10.7. The molecule has 1 N–H and O–H groups in total. The molecule has 1 aromatic rings. The molecule has 0 aliphatic carbocycles. The van der Waals surface area contributed by atoms with Gasteiger partial charge in [-0.3, -0.25) is 4.79 Å². The standard InChI is InChI=1S/C12H14O3S/c1-9(13)16-7-3-4-10-5-6-11(15-2)8-12(10)14/h3-6,8,14H,7H2,1-2H3. The SMILES string of the molecule is COc1ccc(C=CCSC(C)=O)c(O)c1. The molecule has 3 nitrogen and oxygen atoms in total. The molecule has 1 aromatic carbocycles. The molecule has 0 saturated carbocycles. The average molecular weight is 238 g/mol. The van der Waals surface area contributed by atoms with Crippen molar-refractivity contribution in [3.63, 3.8) is 0 Å². The molecule has 0 bridgehead atoms. The van der Waals surface area contributed by atoms with Crippen molar-refractivity contribution in [1.29, 1.82) is 0 Å². The number of carbonyl (C=O) groups excluding carboxylic acids is 1. The molecule has 0 amide bonds. The van der Waals surface area contributed by atoms with E-state index in [2.05, 4.69) is 0 Å². The molecule has 0 aromatic heterocycles. The van der Waals surface area contributed by atoms with Gasteiger partial charge in [0.1, 0.15) is 11.5 Å². The first-order valence-corrected chi connectivity index (χ1v) is 5.79. The fourth-order valence-electron chi connectivity index (χ4n) is 1.13. The zero-order valence-corrected chi connectivity index (χ0v) is 10.1. The third kappa shape index (κ3) is 3.98. The van der Waals surface area contributed by atoms with Crippen molar-refractivity contribution >= 4 is 23.0 Å². The largest absolute Gasteiger partial charge is 0.507 e. The minimum Gasteiger partial charge on any atom is -0.507 e. The summed E-state index contributed by atoms with van der Waals surface area (Å²) in [6, 6.07) is 5.10. The topological polar surface area (TPSA) is 46.5 Å². The van der Waals surface area contributed by atoms with Gasteiger partial charge >= 0.3 is 0 Å². The fraction of sp³-hybridized carbons (Fsp3) is 0.250.